The summed E-state index contributed by atoms with van der Waals surface area (Å²) in [4.78, 5) is 59.1. The Morgan fingerprint density at radius 3 is 2.16 bits per heavy atom. The number of ether oxygens (including phenoxy) is 2. The van der Waals surface area contributed by atoms with Crippen LogP contribution < -0.4 is 21.7 Å². The SMILES string of the molecule is CCOC(=O)N[C@H](C(=O)N(C[C@H](O)[C@H](Cc1ccccc1)NC(=O)[C@@H](NC(=O)OC)[C@@H](C)CC)C(N)c1ccc(-c2cncs2)cc1)C(C)C. The highest BCUT2D eigenvalue weighted by molar-refractivity contribution is 7.13. The van der Waals surface area contributed by atoms with Crippen molar-refractivity contribution in [3.63, 3.8) is 0 Å². The number of carbonyl (C=O) groups excluding carboxylic acids is 4. The smallest absolute Gasteiger partial charge is 0.407 e. The largest absolute Gasteiger partial charge is 0.453 e. The van der Waals surface area contributed by atoms with Crippen molar-refractivity contribution in [3.05, 3.63) is 77.4 Å². The molecule has 14 heteroatoms. The van der Waals surface area contributed by atoms with Crippen LogP contribution in [0.15, 0.2) is 66.3 Å². The van der Waals surface area contributed by atoms with Crippen LogP contribution in [0.25, 0.3) is 10.4 Å². The van der Waals surface area contributed by atoms with E-state index < -0.39 is 54.4 Å². The van der Waals surface area contributed by atoms with Gasteiger partial charge in [0, 0.05) is 6.20 Å². The lowest BCUT2D eigenvalue weighted by Gasteiger charge is -2.37. The van der Waals surface area contributed by atoms with Crippen molar-refractivity contribution in [2.75, 3.05) is 20.3 Å². The van der Waals surface area contributed by atoms with Gasteiger partial charge in [-0.3, -0.25) is 14.6 Å². The Bertz CT molecular complexity index is 1510. The molecule has 3 rings (SSSR count). The molecule has 3 aromatic rings. The number of thiazole rings is 1. The van der Waals surface area contributed by atoms with E-state index in [9.17, 15) is 24.3 Å². The second-order valence-electron chi connectivity index (χ2n) is 12.4. The van der Waals surface area contributed by atoms with E-state index in [-0.39, 0.29) is 31.4 Å². The fourth-order valence-corrected chi connectivity index (χ4v) is 5.98. The summed E-state index contributed by atoms with van der Waals surface area (Å²) in [6, 6.07) is 13.7. The number of aromatic nitrogens is 1. The van der Waals surface area contributed by atoms with Crippen LogP contribution in [0.3, 0.4) is 0 Å². The number of hydrogen-bond donors (Lipinski definition) is 5. The number of rotatable bonds is 17. The monoisotopic (exact) mass is 710 g/mol. The van der Waals surface area contributed by atoms with E-state index in [0.717, 1.165) is 16.0 Å². The van der Waals surface area contributed by atoms with Gasteiger partial charge in [-0.2, -0.15) is 0 Å². The molecule has 1 unspecified atom stereocenters. The second-order valence-corrected chi connectivity index (χ2v) is 13.3. The van der Waals surface area contributed by atoms with Gasteiger partial charge in [-0.15, -0.1) is 11.3 Å². The summed E-state index contributed by atoms with van der Waals surface area (Å²) in [5.74, 6) is -1.69. The summed E-state index contributed by atoms with van der Waals surface area (Å²) in [5.41, 5.74) is 10.9. The third-order valence-corrected chi connectivity index (χ3v) is 9.32. The van der Waals surface area contributed by atoms with Gasteiger partial charge in [-0.05, 0) is 41.9 Å². The van der Waals surface area contributed by atoms with Gasteiger partial charge in [0.1, 0.15) is 18.2 Å². The lowest BCUT2D eigenvalue weighted by molar-refractivity contribution is -0.139. The molecule has 0 bridgehead atoms. The number of nitrogens with one attached hydrogen (secondary N) is 3. The second kappa shape index (κ2) is 19.6. The van der Waals surface area contributed by atoms with Crippen LogP contribution in [0, 0.1) is 11.8 Å². The molecule has 0 spiro atoms. The van der Waals surface area contributed by atoms with Gasteiger partial charge < -0.3 is 41.2 Å². The van der Waals surface area contributed by atoms with E-state index >= 15 is 0 Å². The number of nitrogens with two attached hydrogens (primary N) is 1. The van der Waals surface area contributed by atoms with Crippen LogP contribution in [0.4, 0.5) is 9.59 Å². The molecule has 272 valence electrons. The molecule has 0 aliphatic rings. The molecule has 13 nitrogen and oxygen atoms in total. The minimum absolute atomic E-state index is 0.113. The molecule has 1 aromatic heterocycles. The first-order chi connectivity index (χ1) is 23.9. The zero-order chi connectivity index (χ0) is 36.8. The Balaban J connectivity index is 2.00. The van der Waals surface area contributed by atoms with Crippen molar-refractivity contribution >= 4 is 35.3 Å². The molecule has 0 radical (unpaired) electrons. The van der Waals surface area contributed by atoms with Crippen LogP contribution in [-0.4, -0.2) is 83.5 Å². The number of carbonyl (C=O) groups is 4. The predicted molar refractivity (Wildman–Crippen MR) is 192 cm³/mol. The van der Waals surface area contributed by atoms with Crippen molar-refractivity contribution < 1.29 is 33.8 Å². The van der Waals surface area contributed by atoms with E-state index in [1.807, 2.05) is 56.3 Å². The molecule has 0 fully saturated rings. The van der Waals surface area contributed by atoms with Gasteiger partial charge >= 0.3 is 12.2 Å². The number of aliphatic hydroxyl groups is 1. The number of nitrogens with zero attached hydrogens (tertiary/aromatic N) is 2. The van der Waals surface area contributed by atoms with Gasteiger partial charge in [-0.25, -0.2) is 9.59 Å². The van der Waals surface area contributed by atoms with E-state index in [0.29, 0.717) is 12.0 Å². The van der Waals surface area contributed by atoms with Gasteiger partial charge in [-0.1, -0.05) is 88.7 Å². The fourth-order valence-electron chi connectivity index (χ4n) is 5.36. The van der Waals surface area contributed by atoms with Crippen molar-refractivity contribution in [2.24, 2.45) is 17.6 Å². The maximum absolute atomic E-state index is 14.3. The summed E-state index contributed by atoms with van der Waals surface area (Å²) in [6.45, 7) is 8.74. The number of amides is 4. The van der Waals surface area contributed by atoms with Crippen LogP contribution in [-0.2, 0) is 25.5 Å². The first kappa shape index (κ1) is 39.9. The first-order valence-electron chi connectivity index (χ1n) is 16.7. The summed E-state index contributed by atoms with van der Waals surface area (Å²) in [6.07, 6.45) is -1.36. The summed E-state index contributed by atoms with van der Waals surface area (Å²) < 4.78 is 9.82. The highest BCUT2D eigenvalue weighted by atomic mass is 32.1. The molecule has 0 aliphatic carbocycles. The molecule has 1 heterocycles. The topological polar surface area (TPSA) is 185 Å². The van der Waals surface area contributed by atoms with E-state index in [4.69, 9.17) is 15.2 Å². The molecule has 0 saturated carbocycles. The first-order valence-corrected chi connectivity index (χ1v) is 17.6. The molecule has 2 aromatic carbocycles. The maximum Gasteiger partial charge on any atom is 0.407 e. The maximum atomic E-state index is 14.3. The molecule has 50 heavy (non-hydrogen) atoms. The van der Waals surface area contributed by atoms with E-state index in [1.165, 1.54) is 23.3 Å². The molecule has 0 saturated heterocycles. The third kappa shape index (κ3) is 11.3. The number of hydrogen-bond acceptors (Lipinski definition) is 10. The Hall–Kier alpha value is -4.53. The third-order valence-electron chi connectivity index (χ3n) is 8.50. The van der Waals surface area contributed by atoms with Crippen LogP contribution in [0.1, 0.15) is 58.3 Å². The highest BCUT2D eigenvalue weighted by Crippen LogP contribution is 2.26. The molecule has 6 atom stereocenters. The van der Waals surface area contributed by atoms with Crippen LogP contribution in [0.5, 0.6) is 0 Å². The number of aliphatic hydroxyl groups excluding tert-OH is 1. The summed E-state index contributed by atoms with van der Waals surface area (Å²) >= 11 is 1.49. The average molecular weight is 711 g/mol. The average Bonchev–Trinajstić information content (AvgIpc) is 3.66. The molecule has 4 amide bonds. The number of methoxy groups -OCH3 is 1. The Kier molecular flexibility index (Phi) is 15.6. The van der Waals surface area contributed by atoms with Gasteiger partial charge in [0.25, 0.3) is 0 Å². The fraction of sp³-hybridized carbons (Fsp3) is 0.472. The van der Waals surface area contributed by atoms with Crippen LogP contribution in [0.2, 0.25) is 0 Å². The minimum atomic E-state index is -1.34. The Morgan fingerprint density at radius 1 is 0.940 bits per heavy atom. The van der Waals surface area contributed by atoms with Gasteiger partial charge in [0.15, 0.2) is 0 Å². The van der Waals surface area contributed by atoms with Crippen molar-refractivity contribution in [1.82, 2.24) is 25.8 Å². The lowest BCUT2D eigenvalue weighted by Crippen LogP contribution is -2.59. The van der Waals surface area contributed by atoms with Crippen molar-refractivity contribution in [2.45, 2.75) is 77.9 Å². The standard InChI is InChI=1S/C36H50N6O7S/c1-7-23(5)31(41-35(46)48-6)33(44)39-27(18-24-12-10-9-11-13-24)28(43)20-42(34(45)30(22(3)4)40-36(47)49-8-2)32(37)26-16-14-25(15-17-26)29-19-38-21-50-29/h9-17,19,21-23,27-28,30-32,43H,7-8,18,20,37H2,1-6H3,(H,39,44)(H,40,47)(H,41,46)/t23-,27-,28-,30-,31-,32?/m0/s1. The van der Waals surface area contributed by atoms with E-state index in [2.05, 4.69) is 20.9 Å². The highest BCUT2D eigenvalue weighted by Gasteiger charge is 2.36. The van der Waals surface area contributed by atoms with Crippen LogP contribution >= 0.6 is 11.3 Å². The number of alkyl carbamates (subject to hydrolysis) is 2. The quantitative estimate of drug-likeness (QED) is 0.128. The molecular formula is C36H50N6O7S. The molecule has 6 N–H and O–H groups in total. The normalized spacial score (nSPS) is 14.7. The van der Waals surface area contributed by atoms with Crippen molar-refractivity contribution in [3.8, 4) is 10.4 Å². The Morgan fingerprint density at radius 2 is 1.60 bits per heavy atom. The molecular weight excluding hydrogens is 660 g/mol. The lowest BCUT2D eigenvalue weighted by atomic mass is 9.95. The zero-order valence-electron chi connectivity index (χ0n) is 29.5. The number of benzene rings is 2. The van der Waals surface area contributed by atoms with E-state index in [1.54, 1.807) is 44.6 Å². The van der Waals surface area contributed by atoms with Gasteiger partial charge in [0.05, 0.1) is 42.8 Å². The Labute approximate surface area is 297 Å². The summed E-state index contributed by atoms with van der Waals surface area (Å²) in [7, 11) is 1.21. The molecule has 0 aliphatic heterocycles. The summed E-state index contributed by atoms with van der Waals surface area (Å²) in [5, 5.41) is 20.1. The minimum Gasteiger partial charge on any atom is -0.453 e. The van der Waals surface area contributed by atoms with Gasteiger partial charge in [0.2, 0.25) is 11.8 Å². The zero-order valence-corrected chi connectivity index (χ0v) is 30.3. The predicted octanol–water partition coefficient (Wildman–Crippen LogP) is 4.23. The van der Waals surface area contributed by atoms with Crippen molar-refractivity contribution in [1.29, 1.82) is 0 Å².